The van der Waals surface area contributed by atoms with Gasteiger partial charge in [0, 0.05) is 19.8 Å². The summed E-state index contributed by atoms with van der Waals surface area (Å²) in [6, 6.07) is 9.23. The van der Waals surface area contributed by atoms with Crippen LogP contribution in [-0.2, 0) is 14.3 Å². The van der Waals surface area contributed by atoms with Crippen LogP contribution in [0.25, 0.3) is 0 Å². The number of nitrogens with one attached hydrogen (secondary N) is 2. The molecule has 1 heterocycles. The van der Waals surface area contributed by atoms with Crippen LogP contribution in [0.2, 0.25) is 0 Å². The molecule has 23 heavy (non-hydrogen) atoms. The zero-order valence-corrected chi connectivity index (χ0v) is 13.8. The minimum Gasteiger partial charge on any atom is -0.384 e. The topological polar surface area (TPSA) is 70.7 Å². The largest absolute Gasteiger partial charge is 0.384 e. The monoisotopic (exact) mass is 319 g/mol. The van der Waals surface area contributed by atoms with Gasteiger partial charge in [-0.1, -0.05) is 18.2 Å². The maximum Gasteiger partial charge on any atom is 0.243 e. The maximum atomic E-state index is 12.8. The lowest BCUT2D eigenvalue weighted by Gasteiger charge is -2.38. The van der Waals surface area contributed by atoms with Gasteiger partial charge in [0.2, 0.25) is 11.8 Å². The molecule has 6 heteroatoms. The molecule has 1 aliphatic heterocycles. The second kappa shape index (κ2) is 8.08. The standard InChI is InChI=1S/C17H25N3O3/c1-20(12-15(21)19-14-6-4-3-5-7-14)16(22)17(13-23-2)8-10-18-11-9-17/h3-7,18H,8-13H2,1-2H3,(H,19,21). The summed E-state index contributed by atoms with van der Waals surface area (Å²) in [5, 5.41) is 6.06. The molecule has 1 aromatic rings. The molecule has 0 unspecified atom stereocenters. The number of anilines is 1. The molecule has 1 saturated heterocycles. The van der Waals surface area contributed by atoms with Crippen molar-refractivity contribution >= 4 is 17.5 Å². The number of carbonyl (C=O) groups excluding carboxylic acids is 2. The Morgan fingerprint density at radius 2 is 1.91 bits per heavy atom. The van der Waals surface area contributed by atoms with Gasteiger partial charge in [0.1, 0.15) is 0 Å². The van der Waals surface area contributed by atoms with Crippen molar-refractivity contribution in [1.82, 2.24) is 10.2 Å². The molecule has 6 nitrogen and oxygen atoms in total. The fourth-order valence-electron chi connectivity index (χ4n) is 3.02. The number of piperidine rings is 1. The van der Waals surface area contributed by atoms with Crippen LogP contribution in [0.15, 0.2) is 30.3 Å². The highest BCUT2D eigenvalue weighted by molar-refractivity contribution is 5.95. The fourth-order valence-corrected chi connectivity index (χ4v) is 3.02. The number of para-hydroxylation sites is 1. The predicted octanol–water partition coefficient (Wildman–Crippen LogP) is 1.10. The zero-order chi connectivity index (χ0) is 16.7. The number of benzene rings is 1. The molecule has 126 valence electrons. The van der Waals surface area contributed by atoms with E-state index in [4.69, 9.17) is 4.74 Å². The molecule has 1 aliphatic rings. The van der Waals surface area contributed by atoms with Gasteiger partial charge >= 0.3 is 0 Å². The van der Waals surface area contributed by atoms with Crippen LogP contribution in [-0.4, -0.2) is 57.1 Å². The van der Waals surface area contributed by atoms with Gasteiger partial charge in [0.15, 0.2) is 0 Å². The van der Waals surface area contributed by atoms with Crippen molar-refractivity contribution in [1.29, 1.82) is 0 Å². The average Bonchev–Trinajstić information content (AvgIpc) is 2.56. The summed E-state index contributed by atoms with van der Waals surface area (Å²) in [6.45, 7) is 2.00. The lowest BCUT2D eigenvalue weighted by atomic mass is 9.78. The van der Waals surface area contributed by atoms with Crippen LogP contribution in [0.4, 0.5) is 5.69 Å². The summed E-state index contributed by atoms with van der Waals surface area (Å²) >= 11 is 0. The van der Waals surface area contributed by atoms with E-state index in [0.29, 0.717) is 6.61 Å². The molecule has 0 radical (unpaired) electrons. The lowest BCUT2D eigenvalue weighted by Crippen LogP contribution is -2.51. The normalized spacial score (nSPS) is 16.6. The van der Waals surface area contributed by atoms with Gasteiger partial charge in [-0.2, -0.15) is 0 Å². The van der Waals surface area contributed by atoms with Gasteiger partial charge in [0.25, 0.3) is 0 Å². The number of ether oxygens (including phenoxy) is 1. The van der Waals surface area contributed by atoms with E-state index in [0.717, 1.165) is 31.6 Å². The van der Waals surface area contributed by atoms with Crippen LogP contribution < -0.4 is 10.6 Å². The van der Waals surface area contributed by atoms with Crippen molar-refractivity contribution in [2.75, 3.05) is 45.7 Å². The number of hydrogen-bond acceptors (Lipinski definition) is 4. The highest BCUT2D eigenvalue weighted by atomic mass is 16.5. The van der Waals surface area contributed by atoms with Gasteiger partial charge in [-0.15, -0.1) is 0 Å². The Bertz CT molecular complexity index is 522. The van der Waals surface area contributed by atoms with Crippen LogP contribution in [0.5, 0.6) is 0 Å². The predicted molar refractivity (Wildman–Crippen MR) is 89.1 cm³/mol. The second-order valence-corrected chi connectivity index (χ2v) is 6.04. The lowest BCUT2D eigenvalue weighted by molar-refractivity contribution is -0.147. The Hall–Kier alpha value is -1.92. The summed E-state index contributed by atoms with van der Waals surface area (Å²) in [6.07, 6.45) is 1.45. The van der Waals surface area contributed by atoms with Crippen LogP contribution in [0.3, 0.4) is 0 Å². The van der Waals surface area contributed by atoms with Crippen molar-refractivity contribution in [3.05, 3.63) is 30.3 Å². The van der Waals surface area contributed by atoms with Gasteiger partial charge < -0.3 is 20.3 Å². The first-order valence-electron chi connectivity index (χ1n) is 7.87. The number of methoxy groups -OCH3 is 1. The molecule has 0 saturated carbocycles. The SMILES string of the molecule is COCC1(C(=O)N(C)CC(=O)Nc2ccccc2)CCNCC1. The fraction of sp³-hybridized carbons (Fsp3) is 0.529. The third-order valence-corrected chi connectivity index (χ3v) is 4.22. The van der Waals surface area contributed by atoms with E-state index in [2.05, 4.69) is 10.6 Å². The van der Waals surface area contributed by atoms with Crippen LogP contribution in [0, 0.1) is 5.41 Å². The Labute approximate surface area is 137 Å². The highest BCUT2D eigenvalue weighted by Gasteiger charge is 2.41. The van der Waals surface area contributed by atoms with Gasteiger partial charge in [0.05, 0.1) is 18.6 Å². The van der Waals surface area contributed by atoms with E-state index in [9.17, 15) is 9.59 Å². The summed E-state index contributed by atoms with van der Waals surface area (Å²) in [4.78, 5) is 26.5. The molecular formula is C17H25N3O3. The van der Waals surface area contributed by atoms with E-state index in [-0.39, 0.29) is 18.4 Å². The Kier molecular flexibility index (Phi) is 6.12. The number of nitrogens with zero attached hydrogens (tertiary/aromatic N) is 1. The first-order chi connectivity index (χ1) is 11.1. The Morgan fingerprint density at radius 1 is 1.26 bits per heavy atom. The van der Waals surface area contributed by atoms with Gasteiger partial charge in [-0.3, -0.25) is 9.59 Å². The number of likely N-dealkylation sites (N-methyl/N-ethyl adjacent to an activating group) is 1. The van der Waals surface area contributed by atoms with Crippen molar-refractivity contribution in [2.45, 2.75) is 12.8 Å². The van der Waals surface area contributed by atoms with E-state index >= 15 is 0 Å². The van der Waals surface area contributed by atoms with Crippen LogP contribution in [0.1, 0.15) is 12.8 Å². The Balaban J connectivity index is 1.96. The third-order valence-electron chi connectivity index (χ3n) is 4.22. The van der Waals surface area contributed by atoms with Crippen molar-refractivity contribution in [3.63, 3.8) is 0 Å². The first-order valence-corrected chi connectivity index (χ1v) is 7.87. The summed E-state index contributed by atoms with van der Waals surface area (Å²) in [5.41, 5.74) is 0.203. The van der Waals surface area contributed by atoms with Gasteiger partial charge in [-0.05, 0) is 38.1 Å². The molecule has 0 bridgehead atoms. The maximum absolute atomic E-state index is 12.8. The number of rotatable bonds is 6. The summed E-state index contributed by atoms with van der Waals surface area (Å²) in [5.74, 6) is -0.224. The number of hydrogen-bond donors (Lipinski definition) is 2. The van der Waals surface area contributed by atoms with Crippen molar-refractivity contribution in [2.24, 2.45) is 5.41 Å². The van der Waals surface area contributed by atoms with Crippen molar-refractivity contribution < 1.29 is 14.3 Å². The zero-order valence-electron chi connectivity index (χ0n) is 13.8. The quantitative estimate of drug-likeness (QED) is 0.824. The molecule has 0 atom stereocenters. The Morgan fingerprint density at radius 3 is 2.52 bits per heavy atom. The minimum absolute atomic E-state index is 0.0240. The summed E-state index contributed by atoms with van der Waals surface area (Å²) in [7, 11) is 3.28. The molecule has 1 aromatic carbocycles. The van der Waals surface area contributed by atoms with Crippen LogP contribution >= 0.6 is 0 Å². The number of amides is 2. The smallest absolute Gasteiger partial charge is 0.243 e. The molecule has 1 fully saturated rings. The molecule has 2 rings (SSSR count). The number of carbonyl (C=O) groups is 2. The minimum atomic E-state index is -0.526. The highest BCUT2D eigenvalue weighted by Crippen LogP contribution is 2.31. The van der Waals surface area contributed by atoms with Crippen molar-refractivity contribution in [3.8, 4) is 0 Å². The van der Waals surface area contributed by atoms with E-state index in [1.165, 1.54) is 4.90 Å². The third kappa shape index (κ3) is 4.53. The molecule has 2 N–H and O–H groups in total. The average molecular weight is 319 g/mol. The second-order valence-electron chi connectivity index (χ2n) is 6.04. The molecule has 0 aromatic heterocycles. The molecule has 0 spiro atoms. The molecule has 0 aliphatic carbocycles. The van der Waals surface area contributed by atoms with E-state index in [1.807, 2.05) is 30.3 Å². The summed E-state index contributed by atoms with van der Waals surface area (Å²) < 4.78 is 5.28. The van der Waals surface area contributed by atoms with Gasteiger partial charge in [-0.25, -0.2) is 0 Å². The molecular weight excluding hydrogens is 294 g/mol. The molecule has 2 amide bonds. The van der Waals surface area contributed by atoms with E-state index in [1.54, 1.807) is 14.2 Å². The first kappa shape index (κ1) is 17.4. The van der Waals surface area contributed by atoms with E-state index < -0.39 is 5.41 Å².